The van der Waals surface area contributed by atoms with E-state index in [0.717, 1.165) is 22.6 Å². The van der Waals surface area contributed by atoms with Crippen molar-refractivity contribution in [3.05, 3.63) is 71.7 Å². The average molecular weight is 507 g/mol. The standard InChI is InChI=1S/C24H22F5N5O2/c1-14-4-6-17(21-30-8-3-9-31-21)18(10-14)22(35)34-13-23(25,26)36-15(2)19(34)12-33-20-7-5-16(11-32-20)24(27,28)29/h3-11,15,19H,12-13H2,1-2H3,(H,32,33)/t15-,19+/m0/s1. The summed E-state index contributed by atoms with van der Waals surface area (Å²) in [5, 5.41) is 2.82. The Labute approximate surface area is 203 Å². The van der Waals surface area contributed by atoms with Gasteiger partial charge in [-0.2, -0.15) is 22.0 Å². The van der Waals surface area contributed by atoms with Crippen LogP contribution < -0.4 is 5.32 Å². The summed E-state index contributed by atoms with van der Waals surface area (Å²) in [6, 6.07) is 7.70. The molecule has 0 radical (unpaired) electrons. The molecule has 36 heavy (non-hydrogen) atoms. The van der Waals surface area contributed by atoms with Gasteiger partial charge in [0.25, 0.3) is 5.91 Å². The van der Waals surface area contributed by atoms with Crippen molar-refractivity contribution < 1.29 is 31.5 Å². The lowest BCUT2D eigenvalue weighted by Crippen LogP contribution is -2.61. The van der Waals surface area contributed by atoms with Crippen LogP contribution in [-0.2, 0) is 10.9 Å². The number of amides is 1. The van der Waals surface area contributed by atoms with Crippen molar-refractivity contribution in [2.75, 3.05) is 18.4 Å². The maximum atomic E-state index is 14.4. The van der Waals surface area contributed by atoms with Gasteiger partial charge in [0.1, 0.15) is 12.4 Å². The Morgan fingerprint density at radius 2 is 1.89 bits per heavy atom. The summed E-state index contributed by atoms with van der Waals surface area (Å²) in [6.45, 7) is 2.06. The zero-order valence-corrected chi connectivity index (χ0v) is 19.3. The number of halogens is 5. The molecule has 1 aliphatic rings. The molecule has 1 aromatic carbocycles. The third kappa shape index (κ3) is 5.59. The first-order valence-electron chi connectivity index (χ1n) is 11.0. The van der Waals surface area contributed by atoms with Crippen LogP contribution in [0.2, 0.25) is 0 Å². The van der Waals surface area contributed by atoms with Crippen molar-refractivity contribution in [1.82, 2.24) is 19.9 Å². The third-order valence-electron chi connectivity index (χ3n) is 5.71. The Kier molecular flexibility index (Phi) is 6.90. The largest absolute Gasteiger partial charge is 0.417 e. The molecule has 3 aromatic rings. The fraction of sp³-hybridized carbons (Fsp3) is 0.333. The summed E-state index contributed by atoms with van der Waals surface area (Å²) in [5.74, 6) is -0.324. The van der Waals surface area contributed by atoms with Gasteiger partial charge in [0.05, 0.1) is 23.3 Å². The number of morpholine rings is 1. The highest BCUT2D eigenvalue weighted by molar-refractivity contribution is 6.00. The number of pyridine rings is 1. The molecule has 0 saturated carbocycles. The summed E-state index contributed by atoms with van der Waals surface area (Å²) < 4.78 is 72.0. The van der Waals surface area contributed by atoms with Crippen molar-refractivity contribution in [3.63, 3.8) is 0 Å². The van der Waals surface area contributed by atoms with Gasteiger partial charge in [-0.25, -0.2) is 15.0 Å². The molecule has 1 fully saturated rings. The minimum atomic E-state index is -4.54. The number of aromatic nitrogens is 3. The molecule has 0 unspecified atom stereocenters. The molecular weight excluding hydrogens is 485 g/mol. The fourth-order valence-electron chi connectivity index (χ4n) is 3.95. The number of benzene rings is 1. The highest BCUT2D eigenvalue weighted by atomic mass is 19.4. The summed E-state index contributed by atoms with van der Waals surface area (Å²) in [6.07, 6.45) is -5.55. The highest BCUT2D eigenvalue weighted by Crippen LogP contribution is 2.33. The summed E-state index contributed by atoms with van der Waals surface area (Å²) >= 11 is 0. The Morgan fingerprint density at radius 1 is 1.17 bits per heavy atom. The number of hydrogen-bond acceptors (Lipinski definition) is 6. The zero-order chi connectivity index (χ0) is 26.1. The normalized spacial score (nSPS) is 19.7. The molecule has 0 spiro atoms. The number of aryl methyl sites for hydroxylation is 1. The number of rotatable bonds is 5. The first-order chi connectivity index (χ1) is 16.9. The van der Waals surface area contributed by atoms with Crippen LogP contribution in [0.15, 0.2) is 55.0 Å². The number of nitrogens with zero attached hydrogens (tertiary/aromatic N) is 4. The van der Waals surface area contributed by atoms with Gasteiger partial charge in [0.15, 0.2) is 5.82 Å². The van der Waals surface area contributed by atoms with Gasteiger partial charge >= 0.3 is 12.3 Å². The van der Waals surface area contributed by atoms with Gasteiger partial charge < -0.3 is 15.0 Å². The molecule has 1 saturated heterocycles. The van der Waals surface area contributed by atoms with Crippen LogP contribution in [0.5, 0.6) is 0 Å². The van der Waals surface area contributed by atoms with Crippen molar-refractivity contribution in [2.45, 2.75) is 38.3 Å². The maximum Gasteiger partial charge on any atom is 0.417 e. The smallest absolute Gasteiger partial charge is 0.368 e. The Hall–Kier alpha value is -3.67. The molecule has 2 aromatic heterocycles. The monoisotopic (exact) mass is 507 g/mol. The van der Waals surface area contributed by atoms with E-state index in [0.29, 0.717) is 11.8 Å². The van der Waals surface area contributed by atoms with Crippen molar-refractivity contribution >= 4 is 11.7 Å². The lowest BCUT2D eigenvalue weighted by molar-refractivity contribution is -0.298. The van der Waals surface area contributed by atoms with E-state index in [4.69, 9.17) is 4.74 Å². The number of carbonyl (C=O) groups excluding carboxylic acids is 1. The SMILES string of the molecule is Cc1ccc(-c2ncccn2)c(C(=O)N2CC(F)(F)O[C@@H](C)[C@H]2CNc2ccc(C(F)(F)F)cn2)c1. The van der Waals surface area contributed by atoms with E-state index >= 15 is 0 Å². The van der Waals surface area contributed by atoms with Crippen LogP contribution in [0.25, 0.3) is 11.4 Å². The molecule has 3 heterocycles. The number of anilines is 1. The second-order valence-electron chi connectivity index (χ2n) is 8.39. The summed E-state index contributed by atoms with van der Waals surface area (Å²) in [4.78, 5) is 26.8. The molecule has 190 valence electrons. The molecule has 1 aliphatic heterocycles. The predicted molar refractivity (Wildman–Crippen MR) is 120 cm³/mol. The number of nitrogens with one attached hydrogen (secondary N) is 1. The first kappa shape index (κ1) is 25.4. The lowest BCUT2D eigenvalue weighted by atomic mass is 10.00. The van der Waals surface area contributed by atoms with E-state index in [9.17, 15) is 26.7 Å². The van der Waals surface area contributed by atoms with Crippen LogP contribution in [0.1, 0.15) is 28.4 Å². The summed E-state index contributed by atoms with van der Waals surface area (Å²) in [5.41, 5.74) is 0.331. The van der Waals surface area contributed by atoms with E-state index in [1.54, 1.807) is 31.2 Å². The van der Waals surface area contributed by atoms with E-state index in [1.807, 2.05) is 0 Å². The molecule has 0 aliphatic carbocycles. The molecule has 0 bridgehead atoms. The quantitative estimate of drug-likeness (QED) is 0.500. The van der Waals surface area contributed by atoms with Crippen LogP contribution in [0.3, 0.4) is 0 Å². The Bertz CT molecular complexity index is 1220. The molecule has 7 nitrogen and oxygen atoms in total. The van der Waals surface area contributed by atoms with Gasteiger partial charge in [-0.15, -0.1) is 0 Å². The molecule has 4 rings (SSSR count). The van der Waals surface area contributed by atoms with Crippen molar-refractivity contribution in [2.24, 2.45) is 0 Å². The first-order valence-corrected chi connectivity index (χ1v) is 11.0. The van der Waals surface area contributed by atoms with Gasteiger partial charge in [-0.3, -0.25) is 4.79 Å². The zero-order valence-electron chi connectivity index (χ0n) is 19.3. The molecular formula is C24H22F5N5O2. The number of alkyl halides is 5. The van der Waals surface area contributed by atoms with Crippen LogP contribution in [0, 0.1) is 6.92 Å². The topological polar surface area (TPSA) is 80.2 Å². The van der Waals surface area contributed by atoms with Gasteiger partial charge in [-0.1, -0.05) is 17.7 Å². The van der Waals surface area contributed by atoms with Gasteiger partial charge in [-0.05, 0) is 38.1 Å². The Morgan fingerprint density at radius 3 is 2.53 bits per heavy atom. The van der Waals surface area contributed by atoms with Crippen molar-refractivity contribution in [3.8, 4) is 11.4 Å². The van der Waals surface area contributed by atoms with E-state index < -0.39 is 42.4 Å². The molecule has 2 atom stereocenters. The summed E-state index contributed by atoms with van der Waals surface area (Å²) in [7, 11) is 0. The minimum absolute atomic E-state index is 0.0915. The fourth-order valence-corrected chi connectivity index (χ4v) is 3.95. The van der Waals surface area contributed by atoms with Crippen molar-refractivity contribution in [1.29, 1.82) is 0 Å². The van der Waals surface area contributed by atoms with Crippen LogP contribution in [-0.4, -0.2) is 57.1 Å². The Balaban J connectivity index is 1.63. The van der Waals surface area contributed by atoms with E-state index in [1.165, 1.54) is 19.3 Å². The third-order valence-corrected chi connectivity index (χ3v) is 5.71. The van der Waals surface area contributed by atoms with E-state index in [-0.39, 0.29) is 23.8 Å². The van der Waals surface area contributed by atoms with E-state index in [2.05, 4.69) is 20.3 Å². The average Bonchev–Trinajstić information content (AvgIpc) is 2.82. The van der Waals surface area contributed by atoms with Crippen LogP contribution >= 0.6 is 0 Å². The highest BCUT2D eigenvalue weighted by Gasteiger charge is 2.47. The van der Waals surface area contributed by atoms with Gasteiger partial charge in [0.2, 0.25) is 0 Å². The van der Waals surface area contributed by atoms with Crippen LogP contribution in [0.4, 0.5) is 27.8 Å². The maximum absolute atomic E-state index is 14.4. The molecule has 12 heteroatoms. The number of hydrogen-bond donors (Lipinski definition) is 1. The molecule has 1 N–H and O–H groups in total. The second-order valence-corrected chi connectivity index (χ2v) is 8.39. The minimum Gasteiger partial charge on any atom is -0.368 e. The number of carbonyl (C=O) groups is 1. The predicted octanol–water partition coefficient (Wildman–Crippen LogP) is 4.80. The lowest BCUT2D eigenvalue weighted by Gasteiger charge is -2.43. The second kappa shape index (κ2) is 9.76. The number of ether oxygens (including phenoxy) is 1. The van der Waals surface area contributed by atoms with Gasteiger partial charge in [0, 0.05) is 30.7 Å². The molecule has 1 amide bonds.